The maximum absolute atomic E-state index is 13.1. The molecule has 3 aromatic heterocycles. The number of nitrogens with one attached hydrogen (secondary N) is 1. The lowest BCUT2D eigenvalue weighted by molar-refractivity contribution is 0.0448. The monoisotopic (exact) mass is 449 g/mol. The van der Waals surface area contributed by atoms with E-state index in [1.807, 2.05) is 19.1 Å². The Hall–Kier alpha value is -3.48. The molecule has 10 heteroatoms. The predicted octanol–water partition coefficient (Wildman–Crippen LogP) is 3.41. The number of pyridine rings is 1. The molecular weight excluding hydrogens is 430 g/mol. The summed E-state index contributed by atoms with van der Waals surface area (Å²) in [5, 5.41) is 14.6. The van der Waals surface area contributed by atoms with E-state index in [9.17, 15) is 10.1 Å². The fourth-order valence-electron chi connectivity index (χ4n) is 4.17. The van der Waals surface area contributed by atoms with Crippen LogP contribution in [0, 0.1) is 18.3 Å². The molecule has 1 aliphatic heterocycles. The van der Waals surface area contributed by atoms with Crippen LogP contribution in [0.4, 0.5) is 11.6 Å². The summed E-state index contributed by atoms with van der Waals surface area (Å²) in [6.07, 6.45) is 4.11. The SMILES string of the molecule is Cc1cc2nccc(Cl)c2cc1Nc1ncc2c(n1)n(C1(C#N)CCOCC1)c(=O)n2C. The van der Waals surface area contributed by atoms with Gasteiger partial charge in [0.2, 0.25) is 5.95 Å². The van der Waals surface area contributed by atoms with Gasteiger partial charge in [-0.2, -0.15) is 10.2 Å². The summed E-state index contributed by atoms with van der Waals surface area (Å²) in [6, 6.07) is 7.93. The Morgan fingerprint density at radius 2 is 2.06 bits per heavy atom. The minimum Gasteiger partial charge on any atom is -0.381 e. The highest BCUT2D eigenvalue weighted by Crippen LogP contribution is 2.32. The number of nitrogens with zero attached hydrogens (tertiary/aromatic N) is 6. The maximum Gasteiger partial charge on any atom is 0.331 e. The van der Waals surface area contributed by atoms with Gasteiger partial charge in [-0.15, -0.1) is 0 Å². The molecule has 32 heavy (non-hydrogen) atoms. The average molecular weight is 450 g/mol. The Morgan fingerprint density at radius 3 is 2.81 bits per heavy atom. The summed E-state index contributed by atoms with van der Waals surface area (Å²) in [7, 11) is 1.66. The second-order valence-electron chi connectivity index (χ2n) is 7.94. The van der Waals surface area contributed by atoms with Gasteiger partial charge in [-0.1, -0.05) is 11.6 Å². The van der Waals surface area contributed by atoms with Crippen LogP contribution in [0.2, 0.25) is 5.02 Å². The van der Waals surface area contributed by atoms with Crippen LogP contribution in [-0.2, 0) is 17.3 Å². The number of hydrogen-bond donors (Lipinski definition) is 1. The van der Waals surface area contributed by atoms with Crippen LogP contribution >= 0.6 is 11.6 Å². The first-order valence-corrected chi connectivity index (χ1v) is 10.6. The summed E-state index contributed by atoms with van der Waals surface area (Å²) in [5.41, 5.74) is 2.19. The number of benzene rings is 1. The van der Waals surface area contributed by atoms with Gasteiger partial charge >= 0.3 is 5.69 Å². The third-order valence-corrected chi connectivity index (χ3v) is 6.37. The van der Waals surface area contributed by atoms with Gasteiger partial charge < -0.3 is 10.1 Å². The Kier molecular flexibility index (Phi) is 4.84. The normalized spacial score (nSPS) is 15.7. The largest absolute Gasteiger partial charge is 0.381 e. The van der Waals surface area contributed by atoms with E-state index in [1.165, 1.54) is 9.13 Å². The first-order chi connectivity index (χ1) is 15.4. The van der Waals surface area contributed by atoms with Crippen LogP contribution in [0.15, 0.2) is 35.4 Å². The smallest absolute Gasteiger partial charge is 0.331 e. The number of rotatable bonds is 3. The number of fused-ring (bicyclic) bond motifs is 2. The molecule has 4 heterocycles. The van der Waals surface area contributed by atoms with Crippen LogP contribution in [0.1, 0.15) is 18.4 Å². The summed E-state index contributed by atoms with van der Waals surface area (Å²) in [5.74, 6) is 0.319. The molecule has 0 unspecified atom stereocenters. The van der Waals surface area contributed by atoms with Gasteiger partial charge in [0.05, 0.1) is 22.8 Å². The van der Waals surface area contributed by atoms with E-state index in [-0.39, 0.29) is 5.69 Å². The standard InChI is InChI=1S/C22H20ClN7O2/c1-13-9-17-14(15(23)3-6-25-17)10-16(13)27-20-26-11-18-19(28-20)30(21(31)29(18)2)22(12-24)4-7-32-8-5-22/h3,6,9-11H,4-5,7-8H2,1-2H3,(H,26,27,28). The van der Waals surface area contributed by atoms with Gasteiger partial charge in [-0.05, 0) is 30.7 Å². The second kappa shape index (κ2) is 7.58. The maximum atomic E-state index is 13.1. The van der Waals surface area contributed by atoms with Crippen molar-refractivity contribution in [1.82, 2.24) is 24.1 Å². The average Bonchev–Trinajstić information content (AvgIpc) is 3.05. The molecule has 1 fully saturated rings. The molecule has 0 atom stereocenters. The number of aromatic nitrogens is 5. The van der Waals surface area contributed by atoms with Gasteiger partial charge in [0.15, 0.2) is 5.65 Å². The number of anilines is 2. The molecule has 1 N–H and O–H groups in total. The third-order valence-electron chi connectivity index (χ3n) is 6.04. The van der Waals surface area contributed by atoms with Crippen molar-refractivity contribution in [3.63, 3.8) is 0 Å². The highest BCUT2D eigenvalue weighted by molar-refractivity contribution is 6.35. The van der Waals surface area contributed by atoms with Gasteiger partial charge in [0.25, 0.3) is 0 Å². The van der Waals surface area contributed by atoms with E-state index in [2.05, 4.69) is 26.3 Å². The number of hydrogen-bond acceptors (Lipinski definition) is 7. The van der Waals surface area contributed by atoms with Crippen LogP contribution in [0.5, 0.6) is 0 Å². The molecule has 4 aromatic rings. The molecule has 0 spiro atoms. The van der Waals surface area contributed by atoms with Crippen molar-refractivity contribution >= 4 is 45.3 Å². The zero-order valence-electron chi connectivity index (χ0n) is 17.6. The zero-order valence-corrected chi connectivity index (χ0v) is 18.3. The molecule has 0 radical (unpaired) electrons. The Morgan fingerprint density at radius 1 is 1.28 bits per heavy atom. The first-order valence-electron chi connectivity index (χ1n) is 10.2. The van der Waals surface area contributed by atoms with E-state index in [1.54, 1.807) is 25.5 Å². The number of ether oxygens (including phenoxy) is 1. The molecule has 0 amide bonds. The molecular formula is C22H20ClN7O2. The highest BCUT2D eigenvalue weighted by atomic mass is 35.5. The van der Waals surface area contributed by atoms with Crippen molar-refractivity contribution in [1.29, 1.82) is 5.26 Å². The minimum absolute atomic E-state index is 0.297. The van der Waals surface area contributed by atoms with E-state index in [0.717, 1.165) is 22.2 Å². The number of halogens is 1. The predicted molar refractivity (Wildman–Crippen MR) is 121 cm³/mol. The van der Waals surface area contributed by atoms with Gasteiger partial charge in [-0.25, -0.2) is 9.78 Å². The van der Waals surface area contributed by atoms with Crippen molar-refractivity contribution in [3.05, 3.63) is 51.7 Å². The first kappa shape index (κ1) is 20.4. The number of aryl methyl sites for hydroxylation is 2. The molecule has 9 nitrogen and oxygen atoms in total. The lowest BCUT2D eigenvalue weighted by atomic mass is 9.91. The van der Waals surface area contributed by atoms with Gasteiger partial charge in [-0.3, -0.25) is 14.1 Å². The lowest BCUT2D eigenvalue weighted by Crippen LogP contribution is -2.44. The van der Waals surface area contributed by atoms with E-state index in [4.69, 9.17) is 16.3 Å². The Balaban J connectivity index is 1.64. The molecule has 1 aliphatic rings. The molecule has 5 rings (SSSR count). The summed E-state index contributed by atoms with van der Waals surface area (Å²) >= 11 is 6.34. The summed E-state index contributed by atoms with van der Waals surface area (Å²) in [6.45, 7) is 2.78. The third kappa shape index (κ3) is 3.11. The minimum atomic E-state index is -1.00. The second-order valence-corrected chi connectivity index (χ2v) is 8.34. The summed E-state index contributed by atoms with van der Waals surface area (Å²) < 4.78 is 8.40. The Labute approximate surface area is 188 Å². The summed E-state index contributed by atoms with van der Waals surface area (Å²) in [4.78, 5) is 26.5. The van der Waals surface area contributed by atoms with Crippen molar-refractivity contribution in [2.75, 3.05) is 18.5 Å². The molecule has 0 bridgehead atoms. The van der Waals surface area contributed by atoms with E-state index >= 15 is 0 Å². The number of nitriles is 1. The molecule has 162 valence electrons. The fraction of sp³-hybridized carbons (Fsp3) is 0.318. The van der Waals surface area contributed by atoms with E-state index in [0.29, 0.717) is 48.2 Å². The van der Waals surface area contributed by atoms with Crippen LogP contribution in [-0.4, -0.2) is 37.3 Å². The molecule has 1 saturated heterocycles. The van der Waals surface area contributed by atoms with Gasteiger partial charge in [0, 0.05) is 50.4 Å². The Bertz CT molecular complexity index is 1460. The van der Waals surface area contributed by atoms with Crippen molar-refractivity contribution in [2.45, 2.75) is 25.3 Å². The van der Waals surface area contributed by atoms with Crippen molar-refractivity contribution < 1.29 is 4.74 Å². The van der Waals surface area contributed by atoms with Crippen LogP contribution in [0.3, 0.4) is 0 Å². The fourth-order valence-corrected chi connectivity index (χ4v) is 4.38. The zero-order chi connectivity index (χ0) is 22.5. The van der Waals surface area contributed by atoms with Crippen molar-refractivity contribution in [2.24, 2.45) is 7.05 Å². The number of imidazole rings is 1. The molecule has 0 aliphatic carbocycles. The van der Waals surface area contributed by atoms with Gasteiger partial charge in [0.1, 0.15) is 11.1 Å². The molecule has 1 aromatic carbocycles. The van der Waals surface area contributed by atoms with E-state index < -0.39 is 5.54 Å². The van der Waals surface area contributed by atoms with Crippen molar-refractivity contribution in [3.8, 4) is 6.07 Å². The topological polar surface area (TPSA) is 111 Å². The quantitative estimate of drug-likeness (QED) is 0.510. The van der Waals surface area contributed by atoms with Crippen LogP contribution in [0.25, 0.3) is 22.1 Å². The van der Waals surface area contributed by atoms with Crippen LogP contribution < -0.4 is 11.0 Å². The molecule has 0 saturated carbocycles. The lowest BCUT2D eigenvalue weighted by Gasteiger charge is -2.31. The highest BCUT2D eigenvalue weighted by Gasteiger charge is 2.38.